The van der Waals surface area contributed by atoms with Crippen LogP contribution in [-0.2, 0) is 0 Å². The normalized spacial score (nSPS) is 11.2. The summed E-state index contributed by atoms with van der Waals surface area (Å²) >= 11 is 4.66. The number of halogens is 1. The Hall–Kier alpha value is -0.620. The van der Waals surface area contributed by atoms with E-state index in [0.717, 1.165) is 10.2 Å². The lowest BCUT2D eigenvalue weighted by Gasteiger charge is -2.24. The van der Waals surface area contributed by atoms with Gasteiger partial charge >= 0.3 is 6.03 Å². The highest BCUT2D eigenvalue weighted by atomic mass is 79.9. The fraction of sp³-hybridized carbons (Fsp3) is 0.556. The third-order valence-electron chi connectivity index (χ3n) is 2.03. The van der Waals surface area contributed by atoms with E-state index in [1.165, 1.54) is 11.3 Å². The molecule has 6 heteroatoms. The van der Waals surface area contributed by atoms with Gasteiger partial charge in [0.2, 0.25) is 0 Å². The third kappa shape index (κ3) is 4.17. The molecule has 0 aliphatic heterocycles. The molecule has 2 N–H and O–H groups in total. The lowest BCUT2D eigenvalue weighted by atomic mass is 10.0. The molecular weight excluding hydrogens is 278 g/mol. The summed E-state index contributed by atoms with van der Waals surface area (Å²) in [6, 6.07) is -0.219. The summed E-state index contributed by atoms with van der Waals surface area (Å²) in [6.45, 7) is 5.98. The first-order valence-corrected chi connectivity index (χ1v) is 6.24. The third-order valence-corrected chi connectivity index (χ3v) is 3.43. The number of nitrogens with one attached hydrogen (secondary N) is 2. The highest BCUT2D eigenvalue weighted by Crippen LogP contribution is 2.23. The molecule has 0 saturated carbocycles. The Kier molecular flexibility index (Phi) is 4.10. The van der Waals surface area contributed by atoms with Crippen molar-refractivity contribution in [2.24, 2.45) is 0 Å². The van der Waals surface area contributed by atoms with Crippen molar-refractivity contribution in [3.8, 4) is 0 Å². The van der Waals surface area contributed by atoms with Crippen molar-refractivity contribution >= 4 is 38.4 Å². The summed E-state index contributed by atoms with van der Waals surface area (Å²) in [6.07, 6.45) is 2.53. The lowest BCUT2D eigenvalue weighted by molar-refractivity contribution is 0.240. The largest absolute Gasteiger partial charge is 0.333 e. The number of carbonyl (C=O) groups is 1. The lowest BCUT2D eigenvalue weighted by Crippen LogP contribution is -2.44. The molecule has 4 nitrogen and oxygen atoms in total. The zero-order valence-corrected chi connectivity index (χ0v) is 11.3. The molecule has 2 amide bonds. The van der Waals surface area contributed by atoms with Gasteiger partial charge in [0.25, 0.3) is 0 Å². The Balaban J connectivity index is 2.50. The number of anilines is 1. The number of thiazole rings is 1. The number of amides is 2. The molecule has 1 aromatic heterocycles. The average molecular weight is 292 g/mol. The number of rotatable bonds is 3. The molecular formula is C9H14BrN3OS. The maximum Gasteiger partial charge on any atom is 0.321 e. The van der Waals surface area contributed by atoms with Crippen LogP contribution in [0.25, 0.3) is 0 Å². The van der Waals surface area contributed by atoms with Gasteiger partial charge in [-0.15, -0.1) is 0 Å². The van der Waals surface area contributed by atoms with Gasteiger partial charge in [-0.05, 0) is 36.2 Å². The Bertz CT molecular complexity index is 351. The fourth-order valence-corrected chi connectivity index (χ4v) is 1.94. The minimum Gasteiger partial charge on any atom is -0.333 e. The standard InChI is InChI=1S/C9H14BrN3OS/c1-4-9(2,3)13-7(14)12-8-11-5-6(10)15-8/h5H,4H2,1-3H3,(H2,11,12,13,14). The van der Waals surface area contributed by atoms with Crippen molar-refractivity contribution in [3.63, 3.8) is 0 Å². The molecule has 0 atom stereocenters. The van der Waals surface area contributed by atoms with Crippen LogP contribution in [-0.4, -0.2) is 16.6 Å². The first kappa shape index (κ1) is 12.4. The van der Waals surface area contributed by atoms with Gasteiger partial charge in [-0.2, -0.15) is 0 Å². The molecule has 1 aromatic rings. The maximum absolute atomic E-state index is 11.5. The molecule has 0 aliphatic rings. The SMILES string of the molecule is CCC(C)(C)NC(=O)Nc1ncc(Br)s1. The van der Waals surface area contributed by atoms with Crippen LogP contribution in [0.1, 0.15) is 27.2 Å². The van der Waals surface area contributed by atoms with Crippen LogP contribution in [0, 0.1) is 0 Å². The van der Waals surface area contributed by atoms with Gasteiger partial charge in [0.05, 0.1) is 9.98 Å². The fourth-order valence-electron chi connectivity index (χ4n) is 0.836. The topological polar surface area (TPSA) is 54.0 Å². The van der Waals surface area contributed by atoms with Gasteiger partial charge in [0.15, 0.2) is 5.13 Å². The minimum absolute atomic E-state index is 0.196. The summed E-state index contributed by atoms with van der Waals surface area (Å²) in [5.41, 5.74) is -0.196. The van der Waals surface area contributed by atoms with Crippen molar-refractivity contribution in [3.05, 3.63) is 9.98 Å². The summed E-state index contributed by atoms with van der Waals surface area (Å²) in [5, 5.41) is 6.13. The molecule has 1 heterocycles. The second kappa shape index (κ2) is 4.94. The van der Waals surface area contributed by atoms with Gasteiger partial charge in [-0.1, -0.05) is 18.3 Å². The maximum atomic E-state index is 11.5. The van der Waals surface area contributed by atoms with Crippen LogP contribution in [0.3, 0.4) is 0 Å². The van der Waals surface area contributed by atoms with Crippen LogP contribution in [0.4, 0.5) is 9.93 Å². The Morgan fingerprint density at radius 3 is 2.80 bits per heavy atom. The van der Waals surface area contributed by atoms with Crippen molar-refractivity contribution in [1.82, 2.24) is 10.3 Å². The second-order valence-corrected chi connectivity index (χ2v) is 6.20. The summed E-state index contributed by atoms with van der Waals surface area (Å²) in [5.74, 6) is 0. The zero-order valence-electron chi connectivity index (χ0n) is 8.93. The van der Waals surface area contributed by atoms with Crippen LogP contribution in [0.15, 0.2) is 9.98 Å². The van der Waals surface area contributed by atoms with E-state index in [1.807, 2.05) is 20.8 Å². The number of nitrogens with zero attached hydrogens (tertiary/aromatic N) is 1. The first-order chi connectivity index (χ1) is 6.93. The van der Waals surface area contributed by atoms with Crippen molar-refractivity contribution in [2.45, 2.75) is 32.7 Å². The molecule has 0 saturated heterocycles. The van der Waals surface area contributed by atoms with E-state index in [2.05, 4.69) is 31.5 Å². The number of hydrogen-bond acceptors (Lipinski definition) is 3. The molecule has 0 fully saturated rings. The summed E-state index contributed by atoms with van der Waals surface area (Å²) < 4.78 is 0.896. The molecule has 1 rings (SSSR count). The average Bonchev–Trinajstić information content (AvgIpc) is 2.50. The van der Waals surface area contributed by atoms with E-state index in [1.54, 1.807) is 6.20 Å². The second-order valence-electron chi connectivity index (χ2n) is 3.79. The van der Waals surface area contributed by atoms with E-state index in [4.69, 9.17) is 0 Å². The molecule has 0 radical (unpaired) electrons. The highest BCUT2D eigenvalue weighted by Gasteiger charge is 2.18. The quantitative estimate of drug-likeness (QED) is 0.898. The minimum atomic E-state index is -0.219. The number of hydrogen-bond donors (Lipinski definition) is 2. The zero-order chi connectivity index (χ0) is 11.5. The van der Waals surface area contributed by atoms with Crippen molar-refractivity contribution in [1.29, 1.82) is 0 Å². The summed E-state index contributed by atoms with van der Waals surface area (Å²) in [4.78, 5) is 15.5. The smallest absolute Gasteiger partial charge is 0.321 e. The molecule has 0 spiro atoms. The van der Waals surface area contributed by atoms with Gasteiger partial charge in [-0.3, -0.25) is 5.32 Å². The van der Waals surface area contributed by atoms with E-state index in [0.29, 0.717) is 5.13 Å². The van der Waals surface area contributed by atoms with Gasteiger partial charge < -0.3 is 5.32 Å². The number of urea groups is 1. The Morgan fingerprint density at radius 1 is 1.67 bits per heavy atom. The van der Waals surface area contributed by atoms with Crippen LogP contribution >= 0.6 is 27.3 Å². The monoisotopic (exact) mass is 291 g/mol. The first-order valence-electron chi connectivity index (χ1n) is 4.63. The van der Waals surface area contributed by atoms with Gasteiger partial charge in [0, 0.05) is 5.54 Å². The van der Waals surface area contributed by atoms with E-state index < -0.39 is 0 Å². The molecule has 0 unspecified atom stereocenters. The molecule has 84 valence electrons. The number of aromatic nitrogens is 1. The highest BCUT2D eigenvalue weighted by molar-refractivity contribution is 9.11. The van der Waals surface area contributed by atoms with E-state index in [-0.39, 0.29) is 11.6 Å². The Morgan fingerprint density at radius 2 is 2.33 bits per heavy atom. The van der Waals surface area contributed by atoms with Gasteiger partial charge in [0.1, 0.15) is 0 Å². The molecule has 15 heavy (non-hydrogen) atoms. The number of carbonyl (C=O) groups excluding carboxylic acids is 1. The van der Waals surface area contributed by atoms with Crippen molar-refractivity contribution < 1.29 is 4.79 Å². The van der Waals surface area contributed by atoms with E-state index in [9.17, 15) is 4.79 Å². The predicted molar refractivity (Wildman–Crippen MR) is 66.3 cm³/mol. The molecule has 0 bridgehead atoms. The molecule has 0 aromatic carbocycles. The van der Waals surface area contributed by atoms with Crippen LogP contribution in [0.2, 0.25) is 0 Å². The Labute approximate surface area is 102 Å². The van der Waals surface area contributed by atoms with Crippen LogP contribution < -0.4 is 10.6 Å². The van der Waals surface area contributed by atoms with Gasteiger partial charge in [-0.25, -0.2) is 9.78 Å². The van der Waals surface area contributed by atoms with Crippen LogP contribution in [0.5, 0.6) is 0 Å². The summed E-state index contributed by atoms with van der Waals surface area (Å²) in [7, 11) is 0. The van der Waals surface area contributed by atoms with E-state index >= 15 is 0 Å². The van der Waals surface area contributed by atoms with Crippen molar-refractivity contribution in [2.75, 3.05) is 5.32 Å². The molecule has 0 aliphatic carbocycles. The predicted octanol–water partition coefficient (Wildman–Crippen LogP) is 3.22.